The first-order valence-corrected chi connectivity index (χ1v) is 7.05. The first-order valence-electron chi connectivity index (χ1n) is 7.05. The first kappa shape index (κ1) is 14.8. The molecule has 3 N–H and O–H groups in total. The number of nitrogens with two attached hydrogens (primary N) is 1. The number of halogens is 1. The Morgan fingerprint density at radius 2 is 2.30 bits per heavy atom. The highest BCUT2D eigenvalue weighted by Gasteiger charge is 2.18. The van der Waals surface area contributed by atoms with Crippen LogP contribution in [0.3, 0.4) is 0 Å². The summed E-state index contributed by atoms with van der Waals surface area (Å²) >= 11 is 0. The van der Waals surface area contributed by atoms with Crippen LogP contribution in [0.4, 0.5) is 4.39 Å². The van der Waals surface area contributed by atoms with Gasteiger partial charge in [0.1, 0.15) is 11.9 Å². The number of aliphatic hydroxyl groups excluding tert-OH is 1. The third kappa shape index (κ3) is 3.70. The van der Waals surface area contributed by atoms with Crippen LogP contribution in [0.25, 0.3) is 0 Å². The molecule has 0 aliphatic carbocycles. The van der Waals surface area contributed by atoms with Crippen molar-refractivity contribution >= 4 is 5.96 Å². The lowest BCUT2D eigenvalue weighted by Crippen LogP contribution is -2.43. The number of nitrogens with zero attached hydrogens (tertiary/aromatic N) is 2. The Bertz CT molecular complexity index is 478. The Balaban J connectivity index is 1.96. The number of likely N-dealkylation sites (tertiary alicyclic amines) is 1. The predicted molar refractivity (Wildman–Crippen MR) is 77.8 cm³/mol. The number of benzene rings is 1. The molecule has 2 atom stereocenters. The minimum absolute atomic E-state index is 0.0810. The van der Waals surface area contributed by atoms with Crippen LogP contribution in [0.5, 0.6) is 0 Å². The van der Waals surface area contributed by atoms with E-state index in [2.05, 4.69) is 11.9 Å². The van der Waals surface area contributed by atoms with Gasteiger partial charge in [-0.25, -0.2) is 4.39 Å². The Hall–Kier alpha value is -1.62. The summed E-state index contributed by atoms with van der Waals surface area (Å²) in [7, 11) is 0. The third-order valence-electron chi connectivity index (χ3n) is 3.67. The van der Waals surface area contributed by atoms with E-state index in [1.54, 1.807) is 18.2 Å². The molecule has 110 valence electrons. The molecule has 2 unspecified atom stereocenters. The van der Waals surface area contributed by atoms with Gasteiger partial charge >= 0.3 is 0 Å². The zero-order chi connectivity index (χ0) is 14.5. The maximum atomic E-state index is 13.5. The van der Waals surface area contributed by atoms with E-state index in [1.165, 1.54) is 12.5 Å². The first-order chi connectivity index (χ1) is 9.58. The van der Waals surface area contributed by atoms with Crippen molar-refractivity contribution in [2.24, 2.45) is 16.6 Å². The van der Waals surface area contributed by atoms with E-state index in [0.29, 0.717) is 11.9 Å². The average molecular weight is 279 g/mol. The maximum absolute atomic E-state index is 13.5. The van der Waals surface area contributed by atoms with Crippen LogP contribution in [0.2, 0.25) is 0 Å². The predicted octanol–water partition coefficient (Wildman–Crippen LogP) is 1.91. The van der Waals surface area contributed by atoms with Gasteiger partial charge in [0.15, 0.2) is 5.96 Å². The molecule has 2 rings (SSSR count). The van der Waals surface area contributed by atoms with Gasteiger partial charge in [-0.3, -0.25) is 4.99 Å². The van der Waals surface area contributed by atoms with Crippen molar-refractivity contribution in [2.45, 2.75) is 25.9 Å². The van der Waals surface area contributed by atoms with Gasteiger partial charge in [0.05, 0.1) is 6.54 Å². The lowest BCUT2D eigenvalue weighted by atomic mass is 10.0. The highest BCUT2D eigenvalue weighted by atomic mass is 19.1. The van der Waals surface area contributed by atoms with Crippen molar-refractivity contribution < 1.29 is 9.50 Å². The molecule has 0 amide bonds. The Labute approximate surface area is 119 Å². The zero-order valence-corrected chi connectivity index (χ0v) is 11.8. The van der Waals surface area contributed by atoms with E-state index in [0.717, 1.165) is 19.5 Å². The lowest BCUT2D eigenvalue weighted by molar-refractivity contribution is 0.181. The standard InChI is InChI=1S/C15H22FN3O/c1-11-5-4-8-19(10-11)15(17)18-9-14(20)12-6-2-3-7-13(12)16/h2-3,6-7,11,14,20H,4-5,8-10H2,1H3,(H2,17,18). The summed E-state index contributed by atoms with van der Waals surface area (Å²) in [5, 5.41) is 9.98. The highest BCUT2D eigenvalue weighted by molar-refractivity contribution is 5.78. The van der Waals surface area contributed by atoms with Crippen LogP contribution >= 0.6 is 0 Å². The SMILES string of the molecule is CC1CCCN(C(N)=NCC(O)c2ccccc2F)C1. The van der Waals surface area contributed by atoms with E-state index >= 15 is 0 Å². The van der Waals surface area contributed by atoms with Gasteiger partial charge in [-0.15, -0.1) is 0 Å². The Kier molecular flexibility index (Phi) is 4.95. The Morgan fingerprint density at radius 1 is 1.55 bits per heavy atom. The average Bonchev–Trinajstić information content (AvgIpc) is 2.45. The largest absolute Gasteiger partial charge is 0.386 e. The number of hydrogen-bond donors (Lipinski definition) is 2. The van der Waals surface area contributed by atoms with Gasteiger partial charge in [-0.1, -0.05) is 25.1 Å². The van der Waals surface area contributed by atoms with Gasteiger partial charge in [-0.05, 0) is 24.8 Å². The topological polar surface area (TPSA) is 61.8 Å². The van der Waals surface area contributed by atoms with E-state index in [4.69, 9.17) is 5.73 Å². The summed E-state index contributed by atoms with van der Waals surface area (Å²) in [5.41, 5.74) is 6.21. The fraction of sp³-hybridized carbons (Fsp3) is 0.533. The van der Waals surface area contributed by atoms with E-state index in [1.807, 2.05) is 4.90 Å². The number of piperidine rings is 1. The second kappa shape index (κ2) is 6.70. The molecule has 4 nitrogen and oxygen atoms in total. The lowest BCUT2D eigenvalue weighted by Gasteiger charge is -2.31. The van der Waals surface area contributed by atoms with Gasteiger partial charge in [0.2, 0.25) is 0 Å². The molecule has 0 aromatic heterocycles. The third-order valence-corrected chi connectivity index (χ3v) is 3.67. The number of aliphatic hydroxyl groups is 1. The number of aliphatic imine (C=N–C) groups is 1. The molecule has 1 fully saturated rings. The second-order valence-electron chi connectivity index (χ2n) is 5.43. The smallest absolute Gasteiger partial charge is 0.191 e. The van der Waals surface area contributed by atoms with Crippen LogP contribution < -0.4 is 5.73 Å². The van der Waals surface area contributed by atoms with Crippen LogP contribution in [0.1, 0.15) is 31.4 Å². The number of hydrogen-bond acceptors (Lipinski definition) is 2. The molecule has 1 aliphatic rings. The highest BCUT2D eigenvalue weighted by Crippen LogP contribution is 2.18. The van der Waals surface area contributed by atoms with Crippen LogP contribution in [0, 0.1) is 11.7 Å². The summed E-state index contributed by atoms with van der Waals surface area (Å²) in [4.78, 5) is 6.23. The summed E-state index contributed by atoms with van der Waals surface area (Å²) in [5.74, 6) is 0.626. The van der Waals surface area contributed by atoms with Crippen LogP contribution in [-0.2, 0) is 0 Å². The second-order valence-corrected chi connectivity index (χ2v) is 5.43. The van der Waals surface area contributed by atoms with Crippen molar-refractivity contribution in [3.8, 4) is 0 Å². The van der Waals surface area contributed by atoms with Gasteiger partial charge in [-0.2, -0.15) is 0 Å². The zero-order valence-electron chi connectivity index (χ0n) is 11.8. The number of rotatable bonds is 3. The number of guanidine groups is 1. The molecule has 0 radical (unpaired) electrons. The monoisotopic (exact) mass is 279 g/mol. The molecule has 1 aromatic rings. The molecular formula is C15H22FN3O. The Morgan fingerprint density at radius 3 is 3.00 bits per heavy atom. The van der Waals surface area contributed by atoms with Crippen molar-refractivity contribution in [3.63, 3.8) is 0 Å². The minimum atomic E-state index is -0.961. The normalized spacial score (nSPS) is 21.9. The van der Waals surface area contributed by atoms with Gasteiger partial charge in [0, 0.05) is 18.7 Å². The van der Waals surface area contributed by atoms with Crippen LogP contribution in [-0.4, -0.2) is 35.6 Å². The molecule has 5 heteroatoms. The van der Waals surface area contributed by atoms with E-state index in [9.17, 15) is 9.50 Å². The molecule has 0 bridgehead atoms. The molecule has 1 aromatic carbocycles. The van der Waals surface area contributed by atoms with E-state index < -0.39 is 11.9 Å². The van der Waals surface area contributed by atoms with Crippen molar-refractivity contribution in [2.75, 3.05) is 19.6 Å². The fourth-order valence-corrected chi connectivity index (χ4v) is 2.52. The van der Waals surface area contributed by atoms with Crippen molar-refractivity contribution in [1.29, 1.82) is 0 Å². The fourth-order valence-electron chi connectivity index (χ4n) is 2.52. The van der Waals surface area contributed by atoms with E-state index in [-0.39, 0.29) is 12.1 Å². The molecule has 1 heterocycles. The molecule has 0 spiro atoms. The molecule has 1 aliphatic heterocycles. The maximum Gasteiger partial charge on any atom is 0.191 e. The van der Waals surface area contributed by atoms with Gasteiger partial charge < -0.3 is 15.7 Å². The molecule has 0 saturated carbocycles. The summed E-state index contributed by atoms with van der Waals surface area (Å²) < 4.78 is 13.5. The van der Waals surface area contributed by atoms with Crippen LogP contribution in [0.15, 0.2) is 29.3 Å². The summed E-state index contributed by atoms with van der Waals surface area (Å²) in [6, 6.07) is 6.19. The minimum Gasteiger partial charge on any atom is -0.386 e. The molecule has 1 saturated heterocycles. The quantitative estimate of drug-likeness (QED) is 0.656. The van der Waals surface area contributed by atoms with Crippen molar-refractivity contribution in [1.82, 2.24) is 4.90 Å². The summed E-state index contributed by atoms with van der Waals surface area (Å²) in [6.07, 6.45) is 1.35. The van der Waals surface area contributed by atoms with Crippen molar-refractivity contribution in [3.05, 3.63) is 35.6 Å². The van der Waals surface area contributed by atoms with Gasteiger partial charge in [0.25, 0.3) is 0 Å². The summed E-state index contributed by atoms with van der Waals surface area (Å²) in [6.45, 7) is 4.06. The molecular weight excluding hydrogens is 257 g/mol. The molecule has 20 heavy (non-hydrogen) atoms.